The fourth-order valence-corrected chi connectivity index (χ4v) is 15.8. The van der Waals surface area contributed by atoms with Crippen molar-refractivity contribution < 1.29 is 0 Å². The number of nitriles is 2. The highest BCUT2D eigenvalue weighted by atomic mass is 15.0. The number of nitrogens with zero attached hydrogens (tertiary/aromatic N) is 6. The molecule has 1 aliphatic carbocycles. The molecule has 0 atom stereocenters. The number of rotatable bonds is 8. The van der Waals surface area contributed by atoms with Crippen LogP contribution in [0.2, 0.25) is 0 Å². The molecule has 4 aromatic heterocycles. The van der Waals surface area contributed by atoms with Gasteiger partial charge in [-0.05, 0) is 201 Å². The smallest absolute Gasteiger partial charge is 0.0991 e. The van der Waals surface area contributed by atoms with Gasteiger partial charge in [0.05, 0.1) is 72.8 Å². The Balaban J connectivity index is 0.753. The van der Waals surface area contributed by atoms with Crippen molar-refractivity contribution in [2.24, 2.45) is 0 Å². The average Bonchev–Trinajstić information content (AvgIpc) is 1.55. The molecule has 1 aliphatic rings. The molecule has 0 spiro atoms. The Morgan fingerprint density at radius 1 is 0.226 bits per heavy atom. The highest BCUT2D eigenvalue weighted by Crippen LogP contribution is 2.58. The van der Waals surface area contributed by atoms with E-state index in [1.807, 2.05) is 48.5 Å². The van der Waals surface area contributed by atoms with Crippen molar-refractivity contribution in [1.82, 2.24) is 18.3 Å². The molecule has 6 nitrogen and oxygen atoms in total. The average molecular weight is 1180 g/mol. The van der Waals surface area contributed by atoms with Crippen LogP contribution < -0.4 is 0 Å². The Labute approximate surface area is 535 Å². The summed E-state index contributed by atoms with van der Waals surface area (Å²) in [5, 5.41) is 28.7. The van der Waals surface area contributed by atoms with E-state index in [9.17, 15) is 10.5 Å². The second-order valence-corrected chi connectivity index (χ2v) is 24.6. The van der Waals surface area contributed by atoms with E-state index in [0.29, 0.717) is 11.1 Å². The topological polar surface area (TPSA) is 67.3 Å². The summed E-state index contributed by atoms with van der Waals surface area (Å²) < 4.78 is 9.55. The first kappa shape index (κ1) is 52.2. The summed E-state index contributed by atoms with van der Waals surface area (Å²) in [7, 11) is 0. The van der Waals surface area contributed by atoms with Crippen molar-refractivity contribution in [3.8, 4) is 68.3 Å². The molecule has 0 unspecified atom stereocenters. The van der Waals surface area contributed by atoms with Crippen LogP contribution in [-0.4, -0.2) is 18.3 Å². The minimum Gasteiger partial charge on any atom is -0.309 e. The van der Waals surface area contributed by atoms with Gasteiger partial charge in [-0.2, -0.15) is 10.5 Å². The summed E-state index contributed by atoms with van der Waals surface area (Å²) in [5.41, 5.74) is 25.9. The first-order valence-electron chi connectivity index (χ1n) is 31.6. The maximum Gasteiger partial charge on any atom is 0.0991 e. The second-order valence-electron chi connectivity index (χ2n) is 24.6. The van der Waals surface area contributed by atoms with Crippen molar-refractivity contribution in [1.29, 1.82) is 10.5 Å². The molecule has 0 bridgehead atoms. The van der Waals surface area contributed by atoms with Gasteiger partial charge in [-0.3, -0.25) is 0 Å². The Kier molecular flexibility index (Phi) is 11.3. The van der Waals surface area contributed by atoms with Gasteiger partial charge in [0.1, 0.15) is 0 Å². The fraction of sp³-hybridized carbons (Fsp3) is 0.0115. The minimum absolute atomic E-state index is 0.644. The van der Waals surface area contributed by atoms with E-state index in [2.05, 4.69) is 297 Å². The van der Waals surface area contributed by atoms with Crippen LogP contribution in [0.3, 0.4) is 0 Å². The first-order valence-corrected chi connectivity index (χ1v) is 31.6. The minimum atomic E-state index is -0.694. The molecule has 6 heteroatoms. The van der Waals surface area contributed by atoms with Gasteiger partial charge in [0, 0.05) is 65.8 Å². The monoisotopic (exact) mass is 1180 g/mol. The second kappa shape index (κ2) is 20.1. The summed E-state index contributed by atoms with van der Waals surface area (Å²) >= 11 is 0. The van der Waals surface area contributed by atoms with E-state index in [1.165, 1.54) is 76.5 Å². The van der Waals surface area contributed by atoms with Gasteiger partial charge in [0.2, 0.25) is 0 Å². The quantitative estimate of drug-likeness (QED) is 0.152. The Morgan fingerprint density at radius 2 is 0.495 bits per heavy atom. The van der Waals surface area contributed by atoms with Crippen molar-refractivity contribution in [3.05, 3.63) is 349 Å². The van der Waals surface area contributed by atoms with Crippen molar-refractivity contribution in [3.63, 3.8) is 0 Å². The standard InChI is InChI=1S/C87H52N6/c88-53-55-27-35-63(36-28-55)90-79-23-11-7-19-69(79)73-47-57(31-43-83(73)90)59-33-45-85-75(49-59)71-21-9-13-25-81(71)92(85)65-39-41-67-68-42-40-66(52-78(68)87(77(67)51-65,61-15-3-1-4-16-61)62-17-5-2-6-18-62)93-82-26-14-10-22-72(82)76-50-60(34-46-86(76)93)58-32-44-84-74(48-58)70-20-8-12-24-80(70)91(84)64-37-29-56(54-89)30-38-64/h1-52H. The number of hydrogen-bond acceptors (Lipinski definition) is 2. The molecule has 0 amide bonds. The predicted octanol–water partition coefficient (Wildman–Crippen LogP) is 21.5. The van der Waals surface area contributed by atoms with Crippen LogP contribution in [0.15, 0.2) is 315 Å². The summed E-state index contributed by atoms with van der Waals surface area (Å²) in [6.07, 6.45) is 0. The molecule has 19 rings (SSSR count). The normalized spacial score (nSPS) is 12.6. The molecule has 93 heavy (non-hydrogen) atoms. The van der Waals surface area contributed by atoms with Gasteiger partial charge in [0.25, 0.3) is 0 Å². The highest BCUT2D eigenvalue weighted by Gasteiger charge is 2.47. The van der Waals surface area contributed by atoms with Crippen LogP contribution in [0.5, 0.6) is 0 Å². The Bertz CT molecular complexity index is 5860. The van der Waals surface area contributed by atoms with Crippen molar-refractivity contribution in [2.75, 3.05) is 0 Å². The largest absolute Gasteiger partial charge is 0.309 e. The molecule has 4 heterocycles. The lowest BCUT2D eigenvalue weighted by molar-refractivity contribution is 0.766. The number of para-hydroxylation sites is 4. The van der Waals surface area contributed by atoms with Crippen LogP contribution in [0.25, 0.3) is 143 Å². The van der Waals surface area contributed by atoms with Gasteiger partial charge in [-0.25, -0.2) is 0 Å². The molecule has 0 fully saturated rings. The Morgan fingerprint density at radius 3 is 0.806 bits per heavy atom. The number of aromatic nitrogens is 4. The zero-order valence-electron chi connectivity index (χ0n) is 50.2. The van der Waals surface area contributed by atoms with E-state index in [1.54, 1.807) is 0 Å². The van der Waals surface area contributed by atoms with E-state index in [0.717, 1.165) is 89.1 Å². The predicted molar refractivity (Wildman–Crippen MR) is 381 cm³/mol. The van der Waals surface area contributed by atoms with Crippen LogP contribution in [-0.2, 0) is 5.41 Å². The Hall–Kier alpha value is -12.7. The molecule has 14 aromatic carbocycles. The number of fused-ring (bicyclic) bond motifs is 15. The van der Waals surface area contributed by atoms with Gasteiger partial charge in [-0.1, -0.05) is 170 Å². The molecule has 0 N–H and O–H groups in total. The maximum atomic E-state index is 9.58. The van der Waals surface area contributed by atoms with Gasteiger partial charge in [-0.15, -0.1) is 0 Å². The lowest BCUT2D eigenvalue weighted by Gasteiger charge is -2.34. The fourth-order valence-electron chi connectivity index (χ4n) is 15.8. The highest BCUT2D eigenvalue weighted by molar-refractivity contribution is 6.15. The molecular weight excluding hydrogens is 1130 g/mol. The SMILES string of the molecule is N#Cc1ccc(-n2c3ccccc3c3cc(-c4ccc5c(c4)c4ccccc4n5-c4ccc5c(c4)C(c4ccccc4)(c4ccccc4)c4cc(-n6c7ccccc7c7cc(-c8ccc9c(c8)c8ccccc8n9-c8ccc(C#N)cc8)ccc76)ccc4-5)ccc32)cc1. The maximum absolute atomic E-state index is 9.58. The lowest BCUT2D eigenvalue weighted by atomic mass is 9.67. The van der Waals surface area contributed by atoms with Crippen LogP contribution in [0, 0.1) is 22.7 Å². The van der Waals surface area contributed by atoms with Crippen LogP contribution in [0.4, 0.5) is 0 Å². The third-order valence-electron chi connectivity index (χ3n) is 19.9. The number of benzene rings is 14. The molecule has 0 aliphatic heterocycles. The zero-order valence-corrected chi connectivity index (χ0v) is 50.2. The first-order chi connectivity index (χ1) is 46.0. The van der Waals surface area contributed by atoms with Crippen LogP contribution >= 0.6 is 0 Å². The summed E-state index contributed by atoms with van der Waals surface area (Å²) in [6, 6.07) is 120. The third-order valence-corrected chi connectivity index (χ3v) is 19.9. The van der Waals surface area contributed by atoms with E-state index >= 15 is 0 Å². The molecular formula is C87H52N6. The zero-order chi connectivity index (χ0) is 61.5. The summed E-state index contributed by atoms with van der Waals surface area (Å²) in [4.78, 5) is 0. The van der Waals surface area contributed by atoms with E-state index < -0.39 is 5.41 Å². The summed E-state index contributed by atoms with van der Waals surface area (Å²) in [5.74, 6) is 0. The summed E-state index contributed by atoms with van der Waals surface area (Å²) in [6.45, 7) is 0. The van der Waals surface area contributed by atoms with Gasteiger partial charge in [0.15, 0.2) is 0 Å². The molecule has 0 radical (unpaired) electrons. The molecule has 0 saturated heterocycles. The lowest BCUT2D eigenvalue weighted by Crippen LogP contribution is -2.28. The van der Waals surface area contributed by atoms with Crippen molar-refractivity contribution >= 4 is 87.2 Å². The van der Waals surface area contributed by atoms with Crippen molar-refractivity contribution in [2.45, 2.75) is 5.41 Å². The van der Waals surface area contributed by atoms with Gasteiger partial charge >= 0.3 is 0 Å². The molecule has 18 aromatic rings. The molecule has 430 valence electrons. The van der Waals surface area contributed by atoms with E-state index in [-0.39, 0.29) is 0 Å². The van der Waals surface area contributed by atoms with E-state index in [4.69, 9.17) is 0 Å². The molecule has 0 saturated carbocycles. The number of hydrogen-bond donors (Lipinski definition) is 0. The van der Waals surface area contributed by atoms with Gasteiger partial charge < -0.3 is 18.3 Å². The van der Waals surface area contributed by atoms with Crippen LogP contribution in [0.1, 0.15) is 33.4 Å². The third kappa shape index (κ3) is 7.61.